The molecule has 0 unspecified atom stereocenters. The predicted molar refractivity (Wildman–Crippen MR) is 121 cm³/mol. The van der Waals surface area contributed by atoms with Gasteiger partial charge in [-0.15, -0.1) is 0 Å². The maximum absolute atomic E-state index is 12.7. The highest BCUT2D eigenvalue weighted by Gasteiger charge is 2.37. The van der Waals surface area contributed by atoms with Crippen LogP contribution < -0.4 is 4.90 Å². The molecule has 2 heterocycles. The molecule has 4 rings (SSSR count). The molecule has 2 aromatic carbocycles. The summed E-state index contributed by atoms with van der Waals surface area (Å²) in [6.45, 7) is 2.04. The Labute approximate surface area is 188 Å². The second kappa shape index (κ2) is 9.23. The Morgan fingerprint density at radius 1 is 1.03 bits per heavy atom. The van der Waals surface area contributed by atoms with Crippen LogP contribution in [0.5, 0.6) is 0 Å². The van der Waals surface area contributed by atoms with E-state index in [0.29, 0.717) is 31.7 Å². The van der Waals surface area contributed by atoms with Crippen LogP contribution in [0.15, 0.2) is 59.5 Å². The van der Waals surface area contributed by atoms with Gasteiger partial charge in [0, 0.05) is 44.0 Å². The first kappa shape index (κ1) is 21.6. The van der Waals surface area contributed by atoms with Crippen molar-refractivity contribution in [2.24, 2.45) is 0 Å². The molecule has 9 nitrogen and oxygen atoms in total. The van der Waals surface area contributed by atoms with Crippen LogP contribution in [-0.4, -0.2) is 64.5 Å². The second-order valence-electron chi connectivity index (χ2n) is 7.32. The van der Waals surface area contributed by atoms with Crippen molar-refractivity contribution in [3.63, 3.8) is 0 Å². The number of anilines is 1. The molecular formula is C22H20N4O5S. The largest absolute Gasteiger partial charge is 0.368 e. The molecule has 0 N–H and O–H groups in total. The van der Waals surface area contributed by atoms with E-state index in [-0.39, 0.29) is 23.0 Å². The summed E-state index contributed by atoms with van der Waals surface area (Å²) in [6, 6.07) is 15.7. The smallest absolute Gasteiger partial charge is 0.294 e. The Hall–Kier alpha value is -3.66. The maximum Gasteiger partial charge on any atom is 0.294 e. The third-order valence-electron chi connectivity index (χ3n) is 5.30. The second-order valence-corrected chi connectivity index (χ2v) is 8.32. The van der Waals surface area contributed by atoms with Crippen LogP contribution in [0.25, 0.3) is 6.08 Å². The van der Waals surface area contributed by atoms with E-state index in [4.69, 9.17) is 0 Å². The number of piperazine rings is 1. The number of thioether (sulfide) groups is 1. The number of carbonyl (C=O) groups excluding carboxylic acids is 3. The van der Waals surface area contributed by atoms with Gasteiger partial charge in [-0.25, -0.2) is 0 Å². The minimum Gasteiger partial charge on any atom is -0.368 e. The zero-order chi connectivity index (χ0) is 22.7. The summed E-state index contributed by atoms with van der Waals surface area (Å²) in [5.41, 5.74) is 1.42. The van der Waals surface area contributed by atoms with Crippen LogP contribution in [0.1, 0.15) is 5.56 Å². The van der Waals surface area contributed by atoms with E-state index in [1.54, 1.807) is 11.0 Å². The summed E-state index contributed by atoms with van der Waals surface area (Å²) < 4.78 is 0. The SMILES string of the molecule is O=C(CN1C(=O)S/C(=C/c2cccc([N+](=O)[O-])c2)C1=O)N1CCN(c2ccccc2)CC1. The lowest BCUT2D eigenvalue weighted by atomic mass is 10.2. The standard InChI is InChI=1S/C22H20N4O5S/c27-20(24-11-9-23(10-12-24)17-6-2-1-3-7-17)15-25-21(28)19(32-22(25)29)14-16-5-4-8-18(13-16)26(30)31/h1-8,13-14H,9-12,15H2/b19-14+. The predicted octanol–water partition coefficient (Wildman–Crippen LogP) is 2.98. The zero-order valence-electron chi connectivity index (χ0n) is 17.0. The Morgan fingerprint density at radius 2 is 1.75 bits per heavy atom. The van der Waals surface area contributed by atoms with Crippen molar-refractivity contribution in [3.05, 3.63) is 75.2 Å². The summed E-state index contributed by atoms with van der Waals surface area (Å²) >= 11 is 0.727. The summed E-state index contributed by atoms with van der Waals surface area (Å²) in [6.07, 6.45) is 1.43. The zero-order valence-corrected chi connectivity index (χ0v) is 17.9. The minimum atomic E-state index is -0.567. The van der Waals surface area contributed by atoms with Crippen LogP contribution >= 0.6 is 11.8 Å². The van der Waals surface area contributed by atoms with Gasteiger partial charge in [0.2, 0.25) is 5.91 Å². The first-order valence-corrected chi connectivity index (χ1v) is 10.8. The molecule has 3 amide bonds. The number of nitrogens with zero attached hydrogens (tertiary/aromatic N) is 4. The van der Waals surface area contributed by atoms with Crippen molar-refractivity contribution in [2.75, 3.05) is 37.6 Å². The Kier molecular flexibility index (Phi) is 6.22. The lowest BCUT2D eigenvalue weighted by Gasteiger charge is -2.36. The number of imide groups is 1. The van der Waals surface area contributed by atoms with Gasteiger partial charge in [0.05, 0.1) is 9.83 Å². The van der Waals surface area contributed by atoms with Crippen molar-refractivity contribution in [2.45, 2.75) is 0 Å². The molecule has 0 bridgehead atoms. The third kappa shape index (κ3) is 4.65. The van der Waals surface area contributed by atoms with Crippen molar-refractivity contribution in [1.29, 1.82) is 0 Å². The molecule has 2 fully saturated rings. The van der Waals surface area contributed by atoms with Crippen molar-refractivity contribution in [3.8, 4) is 0 Å². The van der Waals surface area contributed by atoms with E-state index >= 15 is 0 Å². The summed E-state index contributed by atoms with van der Waals surface area (Å²) in [7, 11) is 0. The highest BCUT2D eigenvalue weighted by Crippen LogP contribution is 2.32. The Bertz CT molecular complexity index is 1100. The summed E-state index contributed by atoms with van der Waals surface area (Å²) in [5.74, 6) is -0.848. The highest BCUT2D eigenvalue weighted by atomic mass is 32.2. The summed E-state index contributed by atoms with van der Waals surface area (Å²) in [5, 5.41) is 10.4. The van der Waals surface area contributed by atoms with Gasteiger partial charge in [0.25, 0.3) is 16.8 Å². The first-order chi connectivity index (χ1) is 15.4. The van der Waals surface area contributed by atoms with Gasteiger partial charge >= 0.3 is 0 Å². The van der Waals surface area contributed by atoms with E-state index in [1.807, 2.05) is 30.3 Å². The number of para-hydroxylation sites is 1. The van der Waals surface area contributed by atoms with Gasteiger partial charge < -0.3 is 9.80 Å². The van der Waals surface area contributed by atoms with E-state index in [1.165, 1.54) is 24.3 Å². The van der Waals surface area contributed by atoms with Gasteiger partial charge in [-0.3, -0.25) is 29.4 Å². The monoisotopic (exact) mass is 452 g/mol. The average Bonchev–Trinajstić information content (AvgIpc) is 3.07. The third-order valence-corrected chi connectivity index (χ3v) is 6.21. The summed E-state index contributed by atoms with van der Waals surface area (Å²) in [4.78, 5) is 53.1. The lowest BCUT2D eigenvalue weighted by molar-refractivity contribution is -0.384. The number of nitro benzene ring substituents is 1. The Morgan fingerprint density at radius 3 is 2.44 bits per heavy atom. The number of hydrogen-bond acceptors (Lipinski definition) is 7. The number of non-ortho nitro benzene ring substituents is 1. The van der Waals surface area contributed by atoms with Gasteiger partial charge in [0.1, 0.15) is 6.54 Å². The molecule has 0 spiro atoms. The average molecular weight is 452 g/mol. The van der Waals surface area contributed by atoms with Crippen molar-refractivity contribution >= 4 is 46.3 Å². The number of hydrogen-bond donors (Lipinski definition) is 0. The fraction of sp³-hybridized carbons (Fsp3) is 0.227. The van der Waals surface area contributed by atoms with Crippen LogP contribution in [0.4, 0.5) is 16.2 Å². The van der Waals surface area contributed by atoms with E-state index in [0.717, 1.165) is 22.3 Å². The topological polar surface area (TPSA) is 104 Å². The maximum atomic E-state index is 12.7. The van der Waals surface area contributed by atoms with Gasteiger partial charge in [0.15, 0.2) is 0 Å². The van der Waals surface area contributed by atoms with Gasteiger partial charge in [-0.1, -0.05) is 30.3 Å². The Balaban J connectivity index is 1.38. The molecule has 0 atom stereocenters. The van der Waals surface area contributed by atoms with E-state index in [2.05, 4.69) is 4.90 Å². The lowest BCUT2D eigenvalue weighted by Crippen LogP contribution is -2.51. The number of carbonyl (C=O) groups is 3. The normalized spacial score (nSPS) is 17.9. The molecular weight excluding hydrogens is 432 g/mol. The van der Waals surface area contributed by atoms with Crippen LogP contribution in [0, 0.1) is 10.1 Å². The fourth-order valence-electron chi connectivity index (χ4n) is 3.60. The van der Waals surface area contributed by atoms with E-state index < -0.39 is 16.1 Å². The molecule has 2 saturated heterocycles. The molecule has 32 heavy (non-hydrogen) atoms. The van der Waals surface area contributed by atoms with Crippen LogP contribution in [0.3, 0.4) is 0 Å². The molecule has 0 aliphatic carbocycles. The van der Waals surface area contributed by atoms with Crippen LogP contribution in [-0.2, 0) is 9.59 Å². The molecule has 0 saturated carbocycles. The molecule has 2 aliphatic rings. The highest BCUT2D eigenvalue weighted by molar-refractivity contribution is 8.18. The minimum absolute atomic E-state index is 0.109. The molecule has 0 aromatic heterocycles. The van der Waals surface area contributed by atoms with Gasteiger partial charge in [-0.05, 0) is 35.5 Å². The van der Waals surface area contributed by atoms with Crippen molar-refractivity contribution in [1.82, 2.24) is 9.80 Å². The molecule has 164 valence electrons. The molecule has 2 aliphatic heterocycles. The first-order valence-electron chi connectivity index (χ1n) is 10.00. The molecule has 10 heteroatoms. The van der Waals surface area contributed by atoms with Crippen molar-refractivity contribution < 1.29 is 19.3 Å². The fourth-order valence-corrected chi connectivity index (χ4v) is 4.44. The van der Waals surface area contributed by atoms with Gasteiger partial charge in [-0.2, -0.15) is 0 Å². The van der Waals surface area contributed by atoms with Crippen LogP contribution in [0.2, 0.25) is 0 Å². The van der Waals surface area contributed by atoms with E-state index in [9.17, 15) is 24.5 Å². The number of rotatable bonds is 5. The number of benzene rings is 2. The number of nitro groups is 1. The number of amides is 3. The quantitative estimate of drug-likeness (QED) is 0.390. The molecule has 0 radical (unpaired) electrons. The molecule has 2 aromatic rings.